The third-order valence-electron chi connectivity index (χ3n) is 2.37. The molecule has 1 N–H and O–H groups in total. The monoisotopic (exact) mass is 215 g/mol. The van der Waals surface area contributed by atoms with Gasteiger partial charge in [0.05, 0.1) is 12.3 Å². The van der Waals surface area contributed by atoms with E-state index in [-0.39, 0.29) is 5.56 Å². The number of aromatic amines is 1. The number of hydrogen-bond donors (Lipinski definition) is 1. The van der Waals surface area contributed by atoms with E-state index in [9.17, 15) is 4.79 Å². The van der Waals surface area contributed by atoms with Gasteiger partial charge in [0.25, 0.3) is 5.56 Å². The van der Waals surface area contributed by atoms with E-state index in [1.165, 1.54) is 0 Å². The molecule has 1 aromatic carbocycles. The number of hydrogen-bond acceptors (Lipinski definition) is 2. The molecule has 0 aliphatic carbocycles. The van der Waals surface area contributed by atoms with Crippen LogP contribution in [0.4, 0.5) is 0 Å². The van der Waals surface area contributed by atoms with Crippen LogP contribution in [0.2, 0.25) is 0 Å². The number of H-pyrrole nitrogens is 1. The molecule has 0 spiro atoms. The van der Waals surface area contributed by atoms with Crippen LogP contribution < -0.4 is 5.56 Å². The first-order valence-corrected chi connectivity index (χ1v) is 5.16. The smallest absolute Gasteiger partial charge is 0.256 e. The molecule has 0 atom stereocenters. The second kappa shape index (κ2) is 4.23. The van der Waals surface area contributed by atoms with Gasteiger partial charge in [-0.1, -0.05) is 24.8 Å². The van der Waals surface area contributed by atoms with Crippen molar-refractivity contribution in [3.05, 3.63) is 53.0 Å². The molecule has 0 unspecified atom stereocenters. The molecule has 0 bridgehead atoms. The van der Waals surface area contributed by atoms with Gasteiger partial charge in [0.1, 0.15) is 5.76 Å². The van der Waals surface area contributed by atoms with Crippen molar-refractivity contribution in [2.45, 2.75) is 6.92 Å². The lowest BCUT2D eigenvalue weighted by molar-refractivity contribution is 0.298. The van der Waals surface area contributed by atoms with E-state index in [1.807, 2.05) is 31.2 Å². The van der Waals surface area contributed by atoms with Crippen LogP contribution in [0.5, 0.6) is 0 Å². The molecule has 1 aromatic heterocycles. The Morgan fingerprint density at radius 3 is 2.94 bits per heavy atom. The standard InChI is InChI=1S/C13H13NO2/c1-3-16-9(2)12-8-10-6-4-5-7-11(10)13(15)14-12/h4-8H,2-3H2,1H3,(H,14,15). The summed E-state index contributed by atoms with van der Waals surface area (Å²) in [5, 5.41) is 1.57. The van der Waals surface area contributed by atoms with E-state index in [1.54, 1.807) is 6.07 Å². The van der Waals surface area contributed by atoms with Crippen molar-refractivity contribution in [2.24, 2.45) is 0 Å². The fraction of sp³-hybridized carbons (Fsp3) is 0.154. The number of ether oxygens (including phenoxy) is 1. The topological polar surface area (TPSA) is 42.1 Å². The number of benzene rings is 1. The van der Waals surface area contributed by atoms with Gasteiger partial charge in [-0.15, -0.1) is 0 Å². The van der Waals surface area contributed by atoms with E-state index in [0.29, 0.717) is 23.4 Å². The van der Waals surface area contributed by atoms with Gasteiger partial charge in [0, 0.05) is 5.39 Å². The molecule has 3 nitrogen and oxygen atoms in total. The lowest BCUT2D eigenvalue weighted by atomic mass is 10.1. The average molecular weight is 215 g/mol. The van der Waals surface area contributed by atoms with Crippen molar-refractivity contribution < 1.29 is 4.74 Å². The summed E-state index contributed by atoms with van der Waals surface area (Å²) in [6, 6.07) is 9.30. The first-order chi connectivity index (χ1) is 7.72. The van der Waals surface area contributed by atoms with Crippen LogP contribution in [0.15, 0.2) is 41.7 Å². The lowest BCUT2D eigenvalue weighted by Gasteiger charge is -2.07. The Morgan fingerprint density at radius 1 is 1.44 bits per heavy atom. The second-order valence-electron chi connectivity index (χ2n) is 3.46. The highest BCUT2D eigenvalue weighted by atomic mass is 16.5. The number of aromatic nitrogens is 1. The van der Waals surface area contributed by atoms with Crippen LogP contribution in [-0.4, -0.2) is 11.6 Å². The van der Waals surface area contributed by atoms with Crippen LogP contribution in [0, 0.1) is 0 Å². The third kappa shape index (κ3) is 1.84. The summed E-state index contributed by atoms with van der Waals surface area (Å²) in [6.45, 7) is 6.18. The zero-order chi connectivity index (χ0) is 11.5. The van der Waals surface area contributed by atoms with Gasteiger partial charge >= 0.3 is 0 Å². The largest absolute Gasteiger partial charge is 0.492 e. The van der Waals surface area contributed by atoms with E-state index in [0.717, 1.165) is 5.39 Å². The minimum Gasteiger partial charge on any atom is -0.492 e. The number of rotatable bonds is 3. The minimum absolute atomic E-state index is 0.117. The van der Waals surface area contributed by atoms with E-state index in [4.69, 9.17) is 4.74 Å². The maximum absolute atomic E-state index is 11.8. The van der Waals surface area contributed by atoms with Crippen molar-refractivity contribution in [1.82, 2.24) is 4.98 Å². The fourth-order valence-corrected chi connectivity index (χ4v) is 1.61. The zero-order valence-electron chi connectivity index (χ0n) is 9.12. The number of pyridine rings is 1. The van der Waals surface area contributed by atoms with Gasteiger partial charge in [-0.3, -0.25) is 4.79 Å². The Bertz CT molecular complexity index is 584. The molecule has 0 saturated heterocycles. The van der Waals surface area contributed by atoms with Crippen molar-refractivity contribution in [3.63, 3.8) is 0 Å². The summed E-state index contributed by atoms with van der Waals surface area (Å²) < 4.78 is 5.27. The van der Waals surface area contributed by atoms with Crippen LogP contribution in [0.25, 0.3) is 16.5 Å². The van der Waals surface area contributed by atoms with Gasteiger partial charge in [-0.2, -0.15) is 0 Å². The molecule has 0 aliphatic heterocycles. The summed E-state index contributed by atoms with van der Waals surface area (Å²) in [7, 11) is 0. The quantitative estimate of drug-likeness (QED) is 0.799. The van der Waals surface area contributed by atoms with Gasteiger partial charge in [0.15, 0.2) is 0 Å². The zero-order valence-corrected chi connectivity index (χ0v) is 9.12. The Balaban J connectivity index is 2.58. The molecule has 2 aromatic rings. The molecule has 0 amide bonds. The normalized spacial score (nSPS) is 10.3. The fourth-order valence-electron chi connectivity index (χ4n) is 1.61. The van der Waals surface area contributed by atoms with E-state index < -0.39 is 0 Å². The molecular formula is C13H13NO2. The number of nitrogens with one attached hydrogen (secondary N) is 1. The third-order valence-corrected chi connectivity index (χ3v) is 2.37. The molecule has 0 radical (unpaired) electrons. The summed E-state index contributed by atoms with van der Waals surface area (Å²) in [4.78, 5) is 14.5. The Kier molecular flexibility index (Phi) is 2.77. The first kappa shape index (κ1) is 10.5. The Labute approximate surface area is 93.4 Å². The molecule has 3 heteroatoms. The molecule has 0 saturated carbocycles. The van der Waals surface area contributed by atoms with Crippen LogP contribution in [0.1, 0.15) is 12.6 Å². The van der Waals surface area contributed by atoms with Gasteiger partial charge < -0.3 is 9.72 Å². The molecule has 0 aliphatic rings. The summed E-state index contributed by atoms with van der Waals surface area (Å²) >= 11 is 0. The summed E-state index contributed by atoms with van der Waals surface area (Å²) in [6.07, 6.45) is 0. The minimum atomic E-state index is -0.117. The van der Waals surface area contributed by atoms with Crippen LogP contribution in [0.3, 0.4) is 0 Å². The number of fused-ring (bicyclic) bond motifs is 1. The lowest BCUT2D eigenvalue weighted by Crippen LogP contribution is -2.09. The maximum Gasteiger partial charge on any atom is 0.256 e. The molecule has 82 valence electrons. The predicted molar refractivity (Wildman–Crippen MR) is 65.2 cm³/mol. The highest BCUT2D eigenvalue weighted by Gasteiger charge is 2.04. The Morgan fingerprint density at radius 2 is 2.19 bits per heavy atom. The SMILES string of the molecule is C=C(OCC)c1cc2ccccc2c(=O)[nH]1. The van der Waals surface area contributed by atoms with E-state index >= 15 is 0 Å². The highest BCUT2D eigenvalue weighted by molar-refractivity contribution is 5.83. The van der Waals surface area contributed by atoms with Crippen molar-refractivity contribution in [2.75, 3.05) is 6.61 Å². The van der Waals surface area contributed by atoms with Crippen LogP contribution >= 0.6 is 0 Å². The average Bonchev–Trinajstić information content (AvgIpc) is 2.29. The maximum atomic E-state index is 11.8. The summed E-state index contributed by atoms with van der Waals surface area (Å²) in [5.41, 5.74) is 0.513. The van der Waals surface area contributed by atoms with Crippen LogP contribution in [-0.2, 0) is 4.74 Å². The highest BCUT2D eigenvalue weighted by Crippen LogP contribution is 2.15. The van der Waals surface area contributed by atoms with Gasteiger partial charge in [0.2, 0.25) is 0 Å². The molecule has 16 heavy (non-hydrogen) atoms. The summed E-state index contributed by atoms with van der Waals surface area (Å²) in [5.74, 6) is 0.491. The predicted octanol–water partition coefficient (Wildman–Crippen LogP) is 2.54. The first-order valence-electron chi connectivity index (χ1n) is 5.16. The molecule has 0 fully saturated rings. The van der Waals surface area contributed by atoms with Crippen molar-refractivity contribution >= 4 is 16.5 Å². The van der Waals surface area contributed by atoms with E-state index in [2.05, 4.69) is 11.6 Å². The molecular weight excluding hydrogens is 202 g/mol. The van der Waals surface area contributed by atoms with Crippen molar-refractivity contribution in [1.29, 1.82) is 0 Å². The molecule has 1 heterocycles. The van der Waals surface area contributed by atoms with Gasteiger partial charge in [-0.25, -0.2) is 0 Å². The van der Waals surface area contributed by atoms with Gasteiger partial charge in [-0.05, 0) is 24.4 Å². The van der Waals surface area contributed by atoms with Crippen molar-refractivity contribution in [3.8, 4) is 0 Å². The Hall–Kier alpha value is -2.03. The molecule has 2 rings (SSSR count). The second-order valence-corrected chi connectivity index (χ2v) is 3.46.